The van der Waals surface area contributed by atoms with Crippen molar-refractivity contribution in [1.29, 1.82) is 5.41 Å². The van der Waals surface area contributed by atoms with Crippen molar-refractivity contribution in [3.63, 3.8) is 0 Å². The van der Waals surface area contributed by atoms with E-state index in [1.807, 2.05) is 22.8 Å². The predicted octanol–water partition coefficient (Wildman–Crippen LogP) is 1.40. The zero-order valence-corrected chi connectivity index (χ0v) is 11.4. The van der Waals surface area contributed by atoms with Gasteiger partial charge in [-0.15, -0.1) is 0 Å². The van der Waals surface area contributed by atoms with Crippen molar-refractivity contribution in [2.75, 3.05) is 11.9 Å². The van der Waals surface area contributed by atoms with E-state index in [0.717, 1.165) is 35.8 Å². The third-order valence-corrected chi connectivity index (χ3v) is 4.05. The Morgan fingerprint density at radius 2 is 2.37 bits per heavy atom. The lowest BCUT2D eigenvalue weighted by Crippen LogP contribution is -2.28. The van der Waals surface area contributed by atoms with E-state index in [0.29, 0.717) is 10.2 Å². The Hall–Kier alpha value is -1.95. The lowest BCUT2D eigenvalue weighted by molar-refractivity contribution is -0.116. The van der Waals surface area contributed by atoms with Gasteiger partial charge in [-0.3, -0.25) is 10.2 Å². The van der Waals surface area contributed by atoms with Crippen LogP contribution in [-0.2, 0) is 11.3 Å². The maximum absolute atomic E-state index is 11.0. The van der Waals surface area contributed by atoms with Crippen LogP contribution in [0.4, 0.5) is 5.82 Å². The van der Waals surface area contributed by atoms with Gasteiger partial charge in [-0.25, -0.2) is 4.99 Å². The van der Waals surface area contributed by atoms with Crippen LogP contribution < -0.4 is 15.5 Å². The quantitative estimate of drug-likeness (QED) is 0.762. The number of anilines is 1. The van der Waals surface area contributed by atoms with Crippen molar-refractivity contribution in [3.05, 3.63) is 28.4 Å². The van der Waals surface area contributed by atoms with E-state index in [1.165, 1.54) is 18.3 Å². The van der Waals surface area contributed by atoms with Crippen molar-refractivity contribution >= 4 is 23.1 Å². The summed E-state index contributed by atoms with van der Waals surface area (Å²) in [6.07, 6.45) is 1.04. The molecule has 0 aromatic carbocycles. The molecule has 0 saturated heterocycles. The molecule has 3 rings (SSSR count). The molecule has 0 bridgehead atoms. The number of hydrogen-bond acceptors (Lipinski definition) is 4. The molecular weight excluding hydrogens is 260 g/mol. The number of carbonyl (C=O) groups excluding carboxylic acids is 1. The molecule has 6 heteroatoms. The maximum atomic E-state index is 11.0. The van der Waals surface area contributed by atoms with Crippen LogP contribution in [0.2, 0.25) is 0 Å². The first-order chi connectivity index (χ1) is 9.15. The lowest BCUT2D eigenvalue weighted by Gasteiger charge is -2.24. The molecule has 0 aromatic heterocycles. The van der Waals surface area contributed by atoms with E-state index in [-0.39, 0.29) is 5.91 Å². The van der Waals surface area contributed by atoms with Crippen LogP contribution in [0.5, 0.6) is 0 Å². The molecule has 0 saturated carbocycles. The second kappa shape index (κ2) is 4.62. The molecule has 3 aliphatic rings. The minimum absolute atomic E-state index is 0.207. The molecule has 0 atom stereocenters. The fourth-order valence-electron chi connectivity index (χ4n) is 2.30. The summed E-state index contributed by atoms with van der Waals surface area (Å²) in [5.74, 6) is 0.792. The Labute approximate surface area is 114 Å². The van der Waals surface area contributed by atoms with Crippen LogP contribution >= 0.6 is 11.3 Å². The van der Waals surface area contributed by atoms with E-state index in [1.54, 1.807) is 0 Å². The number of benzene rings is 1. The van der Waals surface area contributed by atoms with Gasteiger partial charge in [0.2, 0.25) is 5.91 Å². The summed E-state index contributed by atoms with van der Waals surface area (Å²) in [7, 11) is 0. The lowest BCUT2D eigenvalue weighted by atomic mass is 10.1. The van der Waals surface area contributed by atoms with Gasteiger partial charge in [-0.2, -0.15) is 0 Å². The van der Waals surface area contributed by atoms with Crippen molar-refractivity contribution in [1.82, 2.24) is 4.57 Å². The number of nitrogens with zero attached hydrogens (tertiary/aromatic N) is 2. The standard InChI is InChI=1S/C13H14N4OS/c1-8(18)16-9-3-4-10-11(7-9)19-13(14)17-6-2-5-15-12(10)17/h3-4,7,14-15H,2,5-6H2,1H3. The molecule has 5 nitrogen and oxygen atoms in total. The Morgan fingerprint density at radius 3 is 3.16 bits per heavy atom. The summed E-state index contributed by atoms with van der Waals surface area (Å²) in [6, 6.07) is 5.69. The molecule has 1 amide bonds. The van der Waals surface area contributed by atoms with E-state index in [9.17, 15) is 4.79 Å². The second-order valence-electron chi connectivity index (χ2n) is 4.50. The average Bonchev–Trinajstić information content (AvgIpc) is 2.38. The minimum atomic E-state index is -0.207. The van der Waals surface area contributed by atoms with Gasteiger partial charge in [-0.05, 0) is 24.6 Å². The molecule has 2 heterocycles. The van der Waals surface area contributed by atoms with Crippen molar-refractivity contribution in [2.45, 2.75) is 19.9 Å². The molecule has 0 spiro atoms. The molecule has 1 aliphatic carbocycles. The third-order valence-electron chi connectivity index (χ3n) is 3.08. The first kappa shape index (κ1) is 12.1. The highest BCUT2D eigenvalue weighted by Gasteiger charge is 2.16. The highest BCUT2D eigenvalue weighted by Crippen LogP contribution is 2.31. The van der Waals surface area contributed by atoms with Gasteiger partial charge in [0.1, 0.15) is 5.82 Å². The Kier molecular flexibility index (Phi) is 2.94. The highest BCUT2D eigenvalue weighted by atomic mass is 32.1. The van der Waals surface area contributed by atoms with Gasteiger partial charge < -0.3 is 9.88 Å². The molecule has 0 aromatic rings. The van der Waals surface area contributed by atoms with Crippen LogP contribution in [0.3, 0.4) is 0 Å². The van der Waals surface area contributed by atoms with Crippen LogP contribution in [0.15, 0.2) is 23.2 Å². The summed E-state index contributed by atoms with van der Waals surface area (Å²) >= 11 is 1.42. The first-order valence-electron chi connectivity index (χ1n) is 6.16. The fourth-order valence-corrected chi connectivity index (χ4v) is 3.25. The molecule has 0 fully saturated rings. The van der Waals surface area contributed by atoms with Gasteiger partial charge in [-0.1, -0.05) is 11.3 Å². The summed E-state index contributed by atoms with van der Waals surface area (Å²) in [6.45, 7) is 3.25. The zero-order chi connectivity index (χ0) is 13.4. The largest absolute Gasteiger partial charge is 0.371 e. The Morgan fingerprint density at radius 1 is 1.53 bits per heavy atom. The molecule has 2 aliphatic heterocycles. The number of hydrogen-bond donors (Lipinski definition) is 2. The first-order valence-corrected chi connectivity index (χ1v) is 6.98. The summed E-state index contributed by atoms with van der Waals surface area (Å²) in [5.41, 5.74) is 1.09. The summed E-state index contributed by atoms with van der Waals surface area (Å²) in [4.78, 5) is 16.5. The van der Waals surface area contributed by atoms with Crippen molar-refractivity contribution in [3.8, 4) is 10.4 Å². The second-order valence-corrected chi connectivity index (χ2v) is 5.53. The van der Waals surface area contributed by atoms with Crippen LogP contribution in [-0.4, -0.2) is 17.0 Å². The van der Waals surface area contributed by atoms with Crippen LogP contribution in [0, 0.1) is 5.41 Å². The molecular formula is C13H14N4OS. The summed E-state index contributed by atoms with van der Waals surface area (Å²) < 4.78 is 2.00. The van der Waals surface area contributed by atoms with E-state index >= 15 is 0 Å². The number of carbonyl (C=O) groups is 1. The number of nitrogens with one attached hydrogen (secondary N) is 2. The number of amides is 1. The summed E-state index contributed by atoms with van der Waals surface area (Å²) in [5, 5.41) is 12.1. The van der Waals surface area contributed by atoms with Gasteiger partial charge in [0.15, 0.2) is 4.80 Å². The van der Waals surface area contributed by atoms with Crippen molar-refractivity contribution < 1.29 is 4.79 Å². The van der Waals surface area contributed by atoms with Gasteiger partial charge in [0, 0.05) is 30.5 Å². The molecule has 0 unspecified atom stereocenters. The molecule has 98 valence electrons. The molecule has 0 radical (unpaired) electrons. The van der Waals surface area contributed by atoms with E-state index in [2.05, 4.69) is 10.3 Å². The SMILES string of the molecule is CC(=O)N=c1ccc2c3n(c(=N)sc-2c1)CCCN3. The predicted molar refractivity (Wildman–Crippen MR) is 74.1 cm³/mol. The van der Waals surface area contributed by atoms with Gasteiger partial charge in [0.25, 0.3) is 0 Å². The highest BCUT2D eigenvalue weighted by molar-refractivity contribution is 7.12. The topological polar surface area (TPSA) is 70.2 Å². The van der Waals surface area contributed by atoms with Crippen molar-refractivity contribution in [2.24, 2.45) is 4.99 Å². The van der Waals surface area contributed by atoms with Crippen LogP contribution in [0.25, 0.3) is 10.4 Å². The third kappa shape index (κ3) is 2.19. The van der Waals surface area contributed by atoms with Crippen LogP contribution in [0.1, 0.15) is 13.3 Å². The zero-order valence-electron chi connectivity index (χ0n) is 10.6. The normalized spacial score (nSPS) is 15.1. The number of fused-ring (bicyclic) bond motifs is 3. The molecule has 2 N–H and O–H groups in total. The minimum Gasteiger partial charge on any atom is -0.371 e. The fraction of sp³-hybridized carbons (Fsp3) is 0.308. The van der Waals surface area contributed by atoms with E-state index < -0.39 is 0 Å². The Balaban J connectivity index is 2.29. The van der Waals surface area contributed by atoms with E-state index in [4.69, 9.17) is 5.41 Å². The average molecular weight is 274 g/mol. The van der Waals surface area contributed by atoms with Gasteiger partial charge in [0.05, 0.1) is 5.36 Å². The number of rotatable bonds is 0. The monoisotopic (exact) mass is 274 g/mol. The number of aromatic nitrogens is 1. The maximum Gasteiger partial charge on any atom is 0.243 e. The Bertz CT molecular complexity index is 743. The molecule has 19 heavy (non-hydrogen) atoms. The van der Waals surface area contributed by atoms with Gasteiger partial charge >= 0.3 is 0 Å². The smallest absolute Gasteiger partial charge is 0.243 e.